The number of rotatable bonds is 4. The lowest BCUT2D eigenvalue weighted by molar-refractivity contribution is 0.610. The van der Waals surface area contributed by atoms with Crippen molar-refractivity contribution in [1.82, 2.24) is 0 Å². The molecule has 0 atom stereocenters. The zero-order valence-electron chi connectivity index (χ0n) is 10.7. The van der Waals surface area contributed by atoms with E-state index < -0.39 is 0 Å². The molecule has 0 aliphatic rings. The summed E-state index contributed by atoms with van der Waals surface area (Å²) in [5, 5.41) is 11.9. The number of nitrogens with two attached hydrogens (primary N) is 1. The van der Waals surface area contributed by atoms with Gasteiger partial charge in [0.25, 0.3) is 0 Å². The molecule has 0 spiro atoms. The predicted molar refractivity (Wildman–Crippen MR) is 81.9 cm³/mol. The highest BCUT2D eigenvalue weighted by Crippen LogP contribution is 2.20. The van der Waals surface area contributed by atoms with Crippen molar-refractivity contribution < 1.29 is 4.39 Å². The minimum atomic E-state index is -0.220. The van der Waals surface area contributed by atoms with Crippen LogP contribution in [-0.4, -0.2) is 6.54 Å². The topological polar surface area (TPSA) is 61.8 Å². The Bertz CT molecular complexity index is 665. The first-order valence-corrected chi connectivity index (χ1v) is 6.87. The molecule has 0 fully saturated rings. The van der Waals surface area contributed by atoms with Crippen molar-refractivity contribution >= 4 is 27.3 Å². The SMILES string of the molecule is N#Cc1ccc(NCCc2cc(Br)ccc2F)c(N)c1. The molecule has 0 saturated heterocycles. The van der Waals surface area contributed by atoms with Crippen molar-refractivity contribution in [1.29, 1.82) is 5.26 Å². The van der Waals surface area contributed by atoms with Gasteiger partial charge < -0.3 is 11.1 Å². The summed E-state index contributed by atoms with van der Waals surface area (Å²) < 4.78 is 14.4. The first-order chi connectivity index (χ1) is 9.60. The quantitative estimate of drug-likeness (QED) is 0.838. The van der Waals surface area contributed by atoms with Crippen molar-refractivity contribution in [3.63, 3.8) is 0 Å². The molecular weight excluding hydrogens is 321 g/mol. The minimum Gasteiger partial charge on any atom is -0.397 e. The first-order valence-electron chi connectivity index (χ1n) is 6.07. The summed E-state index contributed by atoms with van der Waals surface area (Å²) >= 11 is 3.32. The van der Waals surface area contributed by atoms with Gasteiger partial charge in [0.05, 0.1) is 23.0 Å². The zero-order valence-corrected chi connectivity index (χ0v) is 12.2. The van der Waals surface area contributed by atoms with Crippen LogP contribution in [-0.2, 0) is 6.42 Å². The summed E-state index contributed by atoms with van der Waals surface area (Å²) in [5.74, 6) is -0.220. The van der Waals surface area contributed by atoms with Gasteiger partial charge in [0.1, 0.15) is 5.82 Å². The third kappa shape index (κ3) is 3.49. The molecule has 0 heterocycles. The molecule has 2 rings (SSSR count). The third-order valence-electron chi connectivity index (χ3n) is 2.90. The summed E-state index contributed by atoms with van der Waals surface area (Å²) in [4.78, 5) is 0. The normalized spacial score (nSPS) is 10.1. The fourth-order valence-corrected chi connectivity index (χ4v) is 2.27. The van der Waals surface area contributed by atoms with Crippen LogP contribution in [0.15, 0.2) is 40.9 Å². The van der Waals surface area contributed by atoms with Crippen molar-refractivity contribution in [3.05, 3.63) is 57.8 Å². The molecule has 0 amide bonds. The Hall–Kier alpha value is -2.06. The molecule has 20 heavy (non-hydrogen) atoms. The number of nitrogens with zero attached hydrogens (tertiary/aromatic N) is 1. The van der Waals surface area contributed by atoms with Gasteiger partial charge in [0.2, 0.25) is 0 Å². The summed E-state index contributed by atoms with van der Waals surface area (Å²) in [6.45, 7) is 0.559. The van der Waals surface area contributed by atoms with Gasteiger partial charge in [-0.2, -0.15) is 5.26 Å². The molecule has 5 heteroatoms. The smallest absolute Gasteiger partial charge is 0.126 e. The maximum absolute atomic E-state index is 13.6. The summed E-state index contributed by atoms with van der Waals surface area (Å²) in [7, 11) is 0. The average molecular weight is 334 g/mol. The highest BCUT2D eigenvalue weighted by atomic mass is 79.9. The Morgan fingerprint density at radius 1 is 1.25 bits per heavy atom. The Balaban J connectivity index is 2.00. The van der Waals surface area contributed by atoms with Crippen LogP contribution in [0.25, 0.3) is 0 Å². The van der Waals surface area contributed by atoms with Crippen LogP contribution in [0.5, 0.6) is 0 Å². The maximum atomic E-state index is 13.6. The van der Waals surface area contributed by atoms with Gasteiger partial charge in [-0.25, -0.2) is 4.39 Å². The van der Waals surface area contributed by atoms with Crippen molar-refractivity contribution in [2.45, 2.75) is 6.42 Å². The molecule has 2 aromatic rings. The van der Waals surface area contributed by atoms with Crippen molar-refractivity contribution in [2.75, 3.05) is 17.6 Å². The van der Waals surface area contributed by atoms with E-state index >= 15 is 0 Å². The van der Waals surface area contributed by atoms with E-state index in [9.17, 15) is 4.39 Å². The van der Waals surface area contributed by atoms with Crippen LogP contribution in [0.2, 0.25) is 0 Å². The fraction of sp³-hybridized carbons (Fsp3) is 0.133. The number of benzene rings is 2. The van der Waals surface area contributed by atoms with Gasteiger partial charge >= 0.3 is 0 Å². The molecule has 2 aromatic carbocycles. The molecule has 0 radical (unpaired) electrons. The molecule has 3 nitrogen and oxygen atoms in total. The molecule has 0 aliphatic heterocycles. The maximum Gasteiger partial charge on any atom is 0.126 e. The molecule has 0 aliphatic carbocycles. The number of nitriles is 1. The number of nitrogens with one attached hydrogen (secondary N) is 1. The highest BCUT2D eigenvalue weighted by Gasteiger charge is 2.04. The molecule has 0 aromatic heterocycles. The molecule has 102 valence electrons. The van der Waals surface area contributed by atoms with Crippen LogP contribution < -0.4 is 11.1 Å². The first kappa shape index (κ1) is 14.4. The Labute approximate surface area is 125 Å². The van der Waals surface area contributed by atoms with Crippen molar-refractivity contribution in [2.24, 2.45) is 0 Å². The highest BCUT2D eigenvalue weighted by molar-refractivity contribution is 9.10. The monoisotopic (exact) mass is 333 g/mol. The van der Waals surface area contributed by atoms with Crippen LogP contribution in [0.1, 0.15) is 11.1 Å². The van der Waals surface area contributed by atoms with E-state index in [0.717, 1.165) is 10.2 Å². The molecule has 0 unspecified atom stereocenters. The lowest BCUT2D eigenvalue weighted by atomic mass is 10.1. The molecule has 0 saturated carbocycles. The van der Waals surface area contributed by atoms with E-state index in [4.69, 9.17) is 11.0 Å². The lowest BCUT2D eigenvalue weighted by Gasteiger charge is -2.10. The largest absolute Gasteiger partial charge is 0.397 e. The summed E-state index contributed by atoms with van der Waals surface area (Å²) in [5.41, 5.74) is 8.25. The Morgan fingerprint density at radius 3 is 2.75 bits per heavy atom. The van der Waals surface area contributed by atoms with Crippen molar-refractivity contribution in [3.8, 4) is 6.07 Å². The minimum absolute atomic E-state index is 0.220. The van der Waals surface area contributed by atoms with Gasteiger partial charge in [-0.15, -0.1) is 0 Å². The standard InChI is InChI=1S/C15H13BrFN3/c16-12-2-3-13(17)11(8-12)5-6-20-15-4-1-10(9-18)7-14(15)19/h1-4,7-8,20H,5-6,19H2. The van der Waals surface area contributed by atoms with E-state index in [1.54, 1.807) is 30.3 Å². The van der Waals surface area contributed by atoms with Crippen LogP contribution in [0, 0.1) is 17.1 Å². The van der Waals surface area contributed by atoms with E-state index in [1.807, 2.05) is 6.07 Å². The second-order valence-corrected chi connectivity index (χ2v) is 5.24. The van der Waals surface area contributed by atoms with Gasteiger partial charge in [0.15, 0.2) is 0 Å². The zero-order chi connectivity index (χ0) is 14.5. The van der Waals surface area contributed by atoms with E-state index in [1.165, 1.54) is 6.07 Å². The number of halogens is 2. The predicted octanol–water partition coefficient (Wildman–Crippen LogP) is 3.70. The fourth-order valence-electron chi connectivity index (χ4n) is 1.86. The lowest BCUT2D eigenvalue weighted by Crippen LogP contribution is -2.08. The molecule has 3 N–H and O–H groups in total. The second-order valence-electron chi connectivity index (χ2n) is 4.33. The number of nitrogen functional groups attached to an aromatic ring is 1. The van der Waals surface area contributed by atoms with Gasteiger partial charge in [0, 0.05) is 11.0 Å². The molecule has 0 bridgehead atoms. The summed E-state index contributed by atoms with van der Waals surface area (Å²) in [6, 6.07) is 12.0. The van der Waals surface area contributed by atoms with Gasteiger partial charge in [-0.05, 0) is 48.4 Å². The summed E-state index contributed by atoms with van der Waals surface area (Å²) in [6.07, 6.45) is 0.546. The van der Waals surface area contributed by atoms with E-state index in [-0.39, 0.29) is 5.82 Å². The van der Waals surface area contributed by atoms with Crippen LogP contribution >= 0.6 is 15.9 Å². The Kier molecular flexibility index (Phi) is 4.59. The van der Waals surface area contributed by atoms with E-state index in [0.29, 0.717) is 29.8 Å². The van der Waals surface area contributed by atoms with E-state index in [2.05, 4.69) is 21.2 Å². The van der Waals surface area contributed by atoms with Crippen LogP contribution in [0.3, 0.4) is 0 Å². The third-order valence-corrected chi connectivity index (χ3v) is 3.39. The second kappa shape index (κ2) is 6.40. The molecular formula is C15H13BrFN3. The van der Waals surface area contributed by atoms with Gasteiger partial charge in [-0.1, -0.05) is 15.9 Å². The van der Waals surface area contributed by atoms with Crippen LogP contribution in [0.4, 0.5) is 15.8 Å². The van der Waals surface area contributed by atoms with Gasteiger partial charge in [-0.3, -0.25) is 0 Å². The number of anilines is 2. The Morgan fingerprint density at radius 2 is 2.05 bits per heavy atom. The number of hydrogen-bond donors (Lipinski definition) is 2. The number of hydrogen-bond acceptors (Lipinski definition) is 3. The average Bonchev–Trinajstić information content (AvgIpc) is 2.44.